The van der Waals surface area contributed by atoms with Gasteiger partial charge in [0.15, 0.2) is 0 Å². The van der Waals surface area contributed by atoms with Crippen LogP contribution in [0.2, 0.25) is 78.6 Å². The molecule has 4 fully saturated rings. The third kappa shape index (κ3) is 34.3. The fourth-order valence-corrected chi connectivity index (χ4v) is 14.4. The third-order valence-corrected chi connectivity index (χ3v) is 18.8. The molecule has 0 atom stereocenters. The Bertz CT molecular complexity index is 2440. The van der Waals surface area contributed by atoms with E-state index in [1.807, 2.05) is 72.8 Å². The van der Waals surface area contributed by atoms with E-state index in [9.17, 15) is 0 Å². The van der Waals surface area contributed by atoms with Gasteiger partial charge >= 0.3 is 93.8 Å². The van der Waals surface area contributed by atoms with Gasteiger partial charge in [0.05, 0.1) is 0 Å². The van der Waals surface area contributed by atoms with Crippen LogP contribution in [0.1, 0.15) is 164 Å². The molecular weight excluding hydrogens is 1490 g/mol. The molecule has 2 radical (unpaired) electrons. The van der Waals surface area contributed by atoms with Gasteiger partial charge in [0.25, 0.3) is 0 Å². The number of hydrogen-bond acceptors (Lipinski definition) is 6. The average molecular weight is 1600 g/mol. The van der Waals surface area contributed by atoms with Gasteiger partial charge in [-0.05, 0) is 46.4 Å². The Balaban J connectivity index is 0.000000285. The molecule has 4 aliphatic carbocycles. The number of nitrogens with zero attached hydrogens (tertiary/aromatic N) is 12. The molecule has 0 amide bonds. The zero-order chi connectivity index (χ0) is 63.1. The molecule has 0 aromatic heterocycles. The second-order valence-electron chi connectivity index (χ2n) is 28.5. The standard InChI is InChI=1S/C26H44N4.2C23H34N4Si2.2Yb/c1-5-13-21(14-6-1)27-25(28-22-15-7-2-8-16-22)26(29-23-17-9-3-10-18-23)30-24-19-11-4-12-20-24;2*1-28(2,3)26-22(20-14-9-7-10-15-20)24-18-13-19-25-23(27-29(4,5)6)21-16-11-8-12-17-21;;/h21-24H,1-20H2;2*7-12,14-17H,13,18-19H2,1-6H3;;/q3*-2;2*+3. The number of aliphatic imine (C=N–C) groups is 6. The fraction of sp³-hybridized carbons (Fsp3) is 0.583. The minimum atomic E-state index is -1.60. The monoisotopic (exact) mass is 1600 g/mol. The van der Waals surface area contributed by atoms with E-state index in [0.29, 0.717) is 24.2 Å². The van der Waals surface area contributed by atoms with Crippen LogP contribution in [-0.2, 0) is 0 Å². The smallest absolute Gasteiger partial charge is 0.472 e. The first-order chi connectivity index (χ1) is 42.1. The van der Waals surface area contributed by atoms with Crippen LogP contribution in [0.25, 0.3) is 30.6 Å². The van der Waals surface area contributed by atoms with E-state index in [0.717, 1.165) is 96.3 Å². The summed E-state index contributed by atoms with van der Waals surface area (Å²) in [7, 11) is -6.42. The molecule has 4 aromatic carbocycles. The maximum Gasteiger partial charge on any atom is 3.00 e. The number of amidine groups is 6. The first kappa shape index (κ1) is 80.0. The molecule has 8 rings (SSSR count). The van der Waals surface area contributed by atoms with Gasteiger partial charge < -0.3 is 60.5 Å². The second kappa shape index (κ2) is 42.9. The molecule has 0 unspecified atom stereocenters. The van der Waals surface area contributed by atoms with Gasteiger partial charge in [0.1, 0.15) is 0 Å². The van der Waals surface area contributed by atoms with Crippen LogP contribution in [0.15, 0.2) is 151 Å². The number of benzene rings is 4. The van der Waals surface area contributed by atoms with Crippen LogP contribution in [0.4, 0.5) is 0 Å². The Morgan fingerprint density at radius 3 is 0.733 bits per heavy atom. The van der Waals surface area contributed by atoms with E-state index in [4.69, 9.17) is 60.5 Å². The summed E-state index contributed by atoms with van der Waals surface area (Å²) in [6.07, 6.45) is 27.6. The van der Waals surface area contributed by atoms with Gasteiger partial charge in [-0.15, -0.1) is 0 Å². The van der Waals surface area contributed by atoms with Crippen LogP contribution in [0.3, 0.4) is 0 Å². The van der Waals surface area contributed by atoms with Crippen LogP contribution in [0.5, 0.6) is 0 Å². The van der Waals surface area contributed by atoms with Crippen molar-refractivity contribution >= 4 is 68.0 Å². The molecule has 12 nitrogen and oxygen atoms in total. The Hall–Kier alpha value is -2.39. The zero-order valence-corrected chi connectivity index (χ0v) is 64.6. The summed E-state index contributed by atoms with van der Waals surface area (Å²) < 4.78 is 0. The van der Waals surface area contributed by atoms with Gasteiger partial charge in [0, 0.05) is 32.9 Å². The molecule has 4 aromatic rings. The molecule has 90 heavy (non-hydrogen) atoms. The van der Waals surface area contributed by atoms with Crippen molar-refractivity contribution < 1.29 is 93.8 Å². The summed E-state index contributed by atoms with van der Waals surface area (Å²) in [5, 5.41) is 10.6. The second-order valence-corrected chi connectivity index (χ2v) is 46.7. The molecule has 0 bridgehead atoms. The maximum absolute atomic E-state index is 5.29. The predicted molar refractivity (Wildman–Crippen MR) is 397 cm³/mol. The minimum Gasteiger partial charge on any atom is -0.472 e. The first-order valence-corrected chi connectivity index (χ1v) is 47.8. The van der Waals surface area contributed by atoms with Gasteiger partial charge in [-0.1, -0.05) is 402 Å². The van der Waals surface area contributed by atoms with Crippen LogP contribution in [-0.4, -0.2) is 118 Å². The fourth-order valence-electron chi connectivity index (χ4n) is 11.1. The van der Waals surface area contributed by atoms with Gasteiger partial charge in [-0.3, -0.25) is 0 Å². The Morgan fingerprint density at radius 2 is 0.522 bits per heavy atom. The normalized spacial score (nSPS) is 17.6. The van der Waals surface area contributed by atoms with Crippen molar-refractivity contribution in [3.63, 3.8) is 0 Å². The van der Waals surface area contributed by atoms with E-state index in [1.165, 1.54) is 128 Å². The summed E-state index contributed by atoms with van der Waals surface area (Å²) in [4.78, 5) is 49.6. The molecule has 0 spiro atoms. The summed E-state index contributed by atoms with van der Waals surface area (Å²) in [6, 6.07) is 42.9. The summed E-state index contributed by atoms with van der Waals surface area (Å²) in [5.74, 6) is 5.41. The van der Waals surface area contributed by atoms with E-state index in [1.54, 1.807) is 0 Å². The summed E-state index contributed by atoms with van der Waals surface area (Å²) in [6.45, 7) is 29.7. The van der Waals surface area contributed by atoms with Crippen LogP contribution in [0, 0.1) is 93.8 Å². The van der Waals surface area contributed by atoms with Gasteiger partial charge in [-0.25, -0.2) is 0 Å². The molecule has 4 saturated carbocycles. The Morgan fingerprint density at radius 1 is 0.311 bits per heavy atom. The quantitative estimate of drug-likeness (QED) is 0.0357. The number of hydrogen-bond donors (Lipinski definition) is 0. The van der Waals surface area contributed by atoms with Crippen molar-refractivity contribution in [2.24, 2.45) is 30.0 Å². The number of rotatable bonds is 20. The molecule has 0 saturated heterocycles. The molecular formula is C72H112N12Si4Yb2. The molecule has 504 valence electrons. The van der Waals surface area contributed by atoms with Crippen LogP contribution < -0.4 is 0 Å². The van der Waals surface area contributed by atoms with Crippen molar-refractivity contribution in [2.75, 3.05) is 26.2 Å². The van der Waals surface area contributed by atoms with Crippen molar-refractivity contribution in [3.8, 4) is 0 Å². The van der Waals surface area contributed by atoms with Crippen LogP contribution >= 0.6 is 0 Å². The Kier molecular flexibility index (Phi) is 38.2. The molecule has 0 N–H and O–H groups in total. The van der Waals surface area contributed by atoms with E-state index < -0.39 is 32.9 Å². The third-order valence-electron chi connectivity index (χ3n) is 15.3. The topological polar surface area (TPSA) is 159 Å². The van der Waals surface area contributed by atoms with Gasteiger partial charge in [-0.2, -0.15) is 0 Å². The largest absolute Gasteiger partial charge is 3.00 e. The molecule has 4 aliphatic rings. The summed E-state index contributed by atoms with van der Waals surface area (Å²) in [5.41, 5.74) is 4.38. The Labute approximate surface area is 628 Å². The maximum atomic E-state index is 5.29. The summed E-state index contributed by atoms with van der Waals surface area (Å²) >= 11 is 0. The first-order valence-electron chi connectivity index (χ1n) is 34.0. The van der Waals surface area contributed by atoms with E-state index in [2.05, 4.69) is 127 Å². The molecule has 0 aliphatic heterocycles. The van der Waals surface area contributed by atoms with Gasteiger partial charge in [0.2, 0.25) is 0 Å². The van der Waals surface area contributed by atoms with Crippen molar-refractivity contribution in [1.29, 1.82) is 0 Å². The molecule has 0 heterocycles. The van der Waals surface area contributed by atoms with E-state index >= 15 is 0 Å². The average Bonchev–Trinajstić information content (AvgIpc) is 3.70. The van der Waals surface area contributed by atoms with Crippen molar-refractivity contribution in [3.05, 3.63) is 174 Å². The molecule has 18 heteroatoms. The SMILES string of the molecule is C1CCC(N=C([N-]C2CCCCC2)C(=NC2CCCCC2)[N-]C2CCCCC2)CC1.C[Si](C)(C)[N-]C(=NCCCN=C([N-][Si](C)(C)C)c1ccccc1)c1ccccc1.C[Si](C)(C)[N-]C(=NCCCN=C([N-][Si](C)(C)C)c1ccccc1)c1ccccc1.[Yb+3].[Yb+3]. The minimum absolute atomic E-state index is 0. The van der Waals surface area contributed by atoms with E-state index in [-0.39, 0.29) is 93.8 Å². The zero-order valence-electron chi connectivity index (χ0n) is 57.1. The van der Waals surface area contributed by atoms with Crippen molar-refractivity contribution in [1.82, 2.24) is 0 Å². The predicted octanol–water partition coefficient (Wildman–Crippen LogP) is 21.2. The van der Waals surface area contributed by atoms with Crippen molar-refractivity contribution in [2.45, 2.75) is 244 Å².